The van der Waals surface area contributed by atoms with Gasteiger partial charge in [-0.2, -0.15) is 0 Å². The lowest BCUT2D eigenvalue weighted by Gasteiger charge is -2.37. The third kappa shape index (κ3) is 4.20. The summed E-state index contributed by atoms with van der Waals surface area (Å²) in [7, 11) is 0. The maximum Gasteiger partial charge on any atom is 0.223 e. The third-order valence-electron chi connectivity index (χ3n) is 4.84. The van der Waals surface area contributed by atoms with Gasteiger partial charge in [0, 0.05) is 18.5 Å². The molecule has 3 nitrogen and oxygen atoms in total. The number of nitrogens with zero attached hydrogens (tertiary/aromatic N) is 1. The van der Waals surface area contributed by atoms with Gasteiger partial charge in [-0.25, -0.2) is 0 Å². The molecule has 1 heterocycles. The third-order valence-corrected chi connectivity index (χ3v) is 4.84. The Bertz CT molecular complexity index is 278. The molecule has 1 aliphatic carbocycles. The lowest BCUT2D eigenvalue weighted by molar-refractivity contribution is -0.125. The lowest BCUT2D eigenvalue weighted by atomic mass is 9.98. The van der Waals surface area contributed by atoms with Crippen molar-refractivity contribution in [2.75, 3.05) is 19.6 Å². The van der Waals surface area contributed by atoms with E-state index in [1.54, 1.807) is 0 Å². The molecule has 1 saturated carbocycles. The number of likely N-dealkylation sites (tertiary alicyclic amines) is 1. The summed E-state index contributed by atoms with van der Waals surface area (Å²) in [5, 5.41) is 3.22. The number of carbonyl (C=O) groups excluding carboxylic acids is 1. The molecule has 0 aromatic rings. The molecule has 1 unspecified atom stereocenters. The van der Waals surface area contributed by atoms with E-state index in [4.69, 9.17) is 0 Å². The first kappa shape index (κ1) is 14.8. The Morgan fingerprint density at radius 1 is 1.11 bits per heavy atom. The quantitative estimate of drug-likeness (QED) is 0.830. The van der Waals surface area contributed by atoms with Crippen LogP contribution in [0.1, 0.15) is 58.8 Å². The van der Waals surface area contributed by atoms with Gasteiger partial charge in [-0.05, 0) is 44.7 Å². The van der Waals surface area contributed by atoms with Crippen LogP contribution < -0.4 is 5.32 Å². The lowest BCUT2D eigenvalue weighted by Crippen LogP contribution is -2.49. The molecule has 1 aliphatic heterocycles. The molecule has 2 aliphatic rings. The fourth-order valence-corrected chi connectivity index (χ4v) is 3.57. The number of nitrogens with one attached hydrogen (secondary N) is 1. The predicted octanol–water partition coefficient (Wildman–Crippen LogP) is 2.80. The van der Waals surface area contributed by atoms with Crippen molar-refractivity contribution < 1.29 is 4.79 Å². The van der Waals surface area contributed by atoms with Crippen molar-refractivity contribution in [3.63, 3.8) is 0 Å². The molecule has 1 N–H and O–H groups in total. The van der Waals surface area contributed by atoms with E-state index >= 15 is 0 Å². The van der Waals surface area contributed by atoms with E-state index in [-0.39, 0.29) is 0 Å². The van der Waals surface area contributed by atoms with Gasteiger partial charge in [-0.15, -0.1) is 0 Å². The van der Waals surface area contributed by atoms with E-state index in [2.05, 4.69) is 24.1 Å². The van der Waals surface area contributed by atoms with Crippen molar-refractivity contribution in [3.8, 4) is 0 Å². The topological polar surface area (TPSA) is 32.3 Å². The molecule has 0 radical (unpaired) electrons. The molecule has 2 rings (SSSR count). The normalized spacial score (nSPS) is 23.7. The van der Waals surface area contributed by atoms with E-state index < -0.39 is 0 Å². The van der Waals surface area contributed by atoms with E-state index in [1.165, 1.54) is 45.2 Å². The van der Waals surface area contributed by atoms with Gasteiger partial charge in [0.2, 0.25) is 5.91 Å². The van der Waals surface area contributed by atoms with Crippen molar-refractivity contribution in [3.05, 3.63) is 0 Å². The highest BCUT2D eigenvalue weighted by molar-refractivity contribution is 5.78. The summed E-state index contributed by atoms with van der Waals surface area (Å²) in [6, 6.07) is 0.519. The molecule has 0 spiro atoms. The highest BCUT2D eigenvalue weighted by atomic mass is 16.1. The second-order valence-electron chi connectivity index (χ2n) is 6.63. The average molecular weight is 266 g/mol. The summed E-state index contributed by atoms with van der Waals surface area (Å²) in [6.07, 6.45) is 8.68. The predicted molar refractivity (Wildman–Crippen MR) is 79.0 cm³/mol. The molecule has 1 atom stereocenters. The SMILES string of the molecule is CC(C)C(CNC(=O)C1CCCC1)N1CCCCC1. The second kappa shape index (κ2) is 7.28. The van der Waals surface area contributed by atoms with Crippen LogP contribution in [0.3, 0.4) is 0 Å². The molecule has 0 aromatic heterocycles. The number of amides is 1. The molecular weight excluding hydrogens is 236 g/mol. The molecule has 3 heteroatoms. The number of carbonyl (C=O) groups is 1. The van der Waals surface area contributed by atoms with Gasteiger partial charge in [0.25, 0.3) is 0 Å². The van der Waals surface area contributed by atoms with Crippen LogP contribution in [0.15, 0.2) is 0 Å². The average Bonchev–Trinajstić information content (AvgIpc) is 2.93. The monoisotopic (exact) mass is 266 g/mol. The van der Waals surface area contributed by atoms with E-state index in [0.717, 1.165) is 19.4 Å². The van der Waals surface area contributed by atoms with Crippen LogP contribution in [0.4, 0.5) is 0 Å². The van der Waals surface area contributed by atoms with Crippen LogP contribution in [-0.2, 0) is 4.79 Å². The maximum absolute atomic E-state index is 12.1. The molecule has 0 aromatic carbocycles. The zero-order chi connectivity index (χ0) is 13.7. The highest BCUT2D eigenvalue weighted by Gasteiger charge is 2.26. The number of rotatable bonds is 5. The smallest absolute Gasteiger partial charge is 0.223 e. The van der Waals surface area contributed by atoms with Crippen molar-refractivity contribution in [1.82, 2.24) is 10.2 Å². The van der Waals surface area contributed by atoms with Gasteiger partial charge in [-0.1, -0.05) is 33.1 Å². The highest BCUT2D eigenvalue weighted by Crippen LogP contribution is 2.25. The molecule has 1 amide bonds. The maximum atomic E-state index is 12.1. The molecule has 19 heavy (non-hydrogen) atoms. The van der Waals surface area contributed by atoms with Gasteiger partial charge in [0.15, 0.2) is 0 Å². The van der Waals surface area contributed by atoms with Gasteiger partial charge in [0.1, 0.15) is 0 Å². The fourth-order valence-electron chi connectivity index (χ4n) is 3.57. The van der Waals surface area contributed by atoms with Crippen LogP contribution in [0.25, 0.3) is 0 Å². The Balaban J connectivity index is 1.80. The minimum absolute atomic E-state index is 0.300. The number of hydrogen-bond acceptors (Lipinski definition) is 2. The standard InChI is InChI=1S/C16H30N2O/c1-13(2)15(18-10-6-3-7-11-18)12-17-16(19)14-8-4-5-9-14/h13-15H,3-12H2,1-2H3,(H,17,19). The Morgan fingerprint density at radius 3 is 2.32 bits per heavy atom. The Morgan fingerprint density at radius 2 is 1.74 bits per heavy atom. The van der Waals surface area contributed by atoms with Crippen molar-refractivity contribution in [2.45, 2.75) is 64.8 Å². The fraction of sp³-hybridized carbons (Fsp3) is 0.938. The van der Waals surface area contributed by atoms with Crippen molar-refractivity contribution in [2.24, 2.45) is 11.8 Å². The van der Waals surface area contributed by atoms with Crippen LogP contribution in [0.5, 0.6) is 0 Å². The summed E-state index contributed by atoms with van der Waals surface area (Å²) in [6.45, 7) is 7.82. The summed E-state index contributed by atoms with van der Waals surface area (Å²) in [4.78, 5) is 14.7. The number of piperidine rings is 1. The Kier molecular flexibility index (Phi) is 5.68. The van der Waals surface area contributed by atoms with Crippen molar-refractivity contribution in [1.29, 1.82) is 0 Å². The Labute approximate surface area is 118 Å². The van der Waals surface area contributed by atoms with Gasteiger partial charge in [-0.3, -0.25) is 9.69 Å². The molecule has 1 saturated heterocycles. The zero-order valence-electron chi connectivity index (χ0n) is 12.7. The molecule has 0 bridgehead atoms. The molecule has 2 fully saturated rings. The van der Waals surface area contributed by atoms with Crippen LogP contribution in [-0.4, -0.2) is 36.5 Å². The molecule has 110 valence electrons. The van der Waals surface area contributed by atoms with Crippen molar-refractivity contribution >= 4 is 5.91 Å². The van der Waals surface area contributed by atoms with Crippen LogP contribution in [0, 0.1) is 11.8 Å². The summed E-state index contributed by atoms with van der Waals surface area (Å²) in [5.41, 5.74) is 0. The summed E-state index contributed by atoms with van der Waals surface area (Å²) >= 11 is 0. The van der Waals surface area contributed by atoms with Crippen LogP contribution in [0.2, 0.25) is 0 Å². The van der Waals surface area contributed by atoms with Gasteiger partial charge in [0.05, 0.1) is 0 Å². The second-order valence-corrected chi connectivity index (χ2v) is 6.63. The van der Waals surface area contributed by atoms with Gasteiger partial charge >= 0.3 is 0 Å². The van der Waals surface area contributed by atoms with E-state index in [0.29, 0.717) is 23.8 Å². The first-order valence-electron chi connectivity index (χ1n) is 8.20. The zero-order valence-corrected chi connectivity index (χ0v) is 12.7. The summed E-state index contributed by atoms with van der Waals surface area (Å²) in [5.74, 6) is 1.22. The Hall–Kier alpha value is -0.570. The minimum Gasteiger partial charge on any atom is -0.354 e. The van der Waals surface area contributed by atoms with Crippen LogP contribution >= 0.6 is 0 Å². The number of hydrogen-bond donors (Lipinski definition) is 1. The first-order chi connectivity index (χ1) is 9.18. The van der Waals surface area contributed by atoms with E-state index in [9.17, 15) is 4.79 Å². The first-order valence-corrected chi connectivity index (χ1v) is 8.20. The largest absolute Gasteiger partial charge is 0.354 e. The minimum atomic E-state index is 0.300. The molecular formula is C16H30N2O. The van der Waals surface area contributed by atoms with Gasteiger partial charge < -0.3 is 5.32 Å². The summed E-state index contributed by atoms with van der Waals surface area (Å²) < 4.78 is 0. The van der Waals surface area contributed by atoms with E-state index in [1.807, 2.05) is 0 Å².